The Morgan fingerprint density at radius 1 is 1.29 bits per heavy atom. The third kappa shape index (κ3) is 8.49. The van der Waals surface area contributed by atoms with Crippen molar-refractivity contribution in [2.24, 2.45) is 0 Å². The third-order valence-corrected chi connectivity index (χ3v) is 3.33. The van der Waals surface area contributed by atoms with Crippen LogP contribution in [0.4, 0.5) is 0 Å². The first-order valence-electron chi connectivity index (χ1n) is 5.23. The Labute approximate surface area is 86.7 Å². The van der Waals surface area contributed by atoms with Gasteiger partial charge in [-0.3, -0.25) is 4.57 Å². The highest BCUT2D eigenvalue weighted by atomic mass is 31.2. The fourth-order valence-electron chi connectivity index (χ4n) is 1.01. The van der Waals surface area contributed by atoms with E-state index < -0.39 is 7.60 Å². The van der Waals surface area contributed by atoms with E-state index in [1.807, 2.05) is 19.1 Å². The lowest BCUT2D eigenvalue weighted by atomic mass is 10.2. The zero-order valence-corrected chi connectivity index (χ0v) is 10.0. The van der Waals surface area contributed by atoms with Gasteiger partial charge < -0.3 is 9.42 Å². The van der Waals surface area contributed by atoms with Gasteiger partial charge in [0, 0.05) is 6.16 Å². The molecule has 0 saturated carbocycles. The van der Waals surface area contributed by atoms with E-state index in [-0.39, 0.29) is 12.8 Å². The Bertz CT molecular complexity index is 202. The second-order valence-corrected chi connectivity index (χ2v) is 5.25. The summed E-state index contributed by atoms with van der Waals surface area (Å²) < 4.78 is 16.1. The molecule has 0 bridgehead atoms. The minimum Gasteiger partial charge on any atom is -0.324 e. The second kappa shape index (κ2) is 8.22. The van der Waals surface area contributed by atoms with Gasteiger partial charge in [-0.05, 0) is 12.8 Å². The number of hydrogen-bond donors (Lipinski definition) is 1. The first kappa shape index (κ1) is 13.9. The number of allylic oxidation sites excluding steroid dienone is 1. The number of rotatable bonds is 8. The quantitative estimate of drug-likeness (QED) is 0.387. The van der Waals surface area contributed by atoms with Crippen LogP contribution in [0.2, 0.25) is 0 Å². The Balaban J connectivity index is 3.52. The van der Waals surface area contributed by atoms with Crippen LogP contribution >= 0.6 is 7.60 Å². The molecule has 0 aliphatic carbocycles. The van der Waals surface area contributed by atoms with Crippen LogP contribution in [0.1, 0.15) is 39.5 Å². The van der Waals surface area contributed by atoms with Crippen molar-refractivity contribution in [3.8, 4) is 0 Å². The summed E-state index contributed by atoms with van der Waals surface area (Å²) in [7, 11) is -3.30. The SMILES string of the molecule is CCCCC=CCOP(=O)(O)CCC. The molecule has 1 unspecified atom stereocenters. The zero-order valence-electron chi connectivity index (χ0n) is 9.11. The van der Waals surface area contributed by atoms with Gasteiger partial charge in [-0.1, -0.05) is 38.8 Å². The molecule has 3 nitrogen and oxygen atoms in total. The van der Waals surface area contributed by atoms with Crippen molar-refractivity contribution in [2.45, 2.75) is 39.5 Å². The van der Waals surface area contributed by atoms with Gasteiger partial charge in [-0.15, -0.1) is 0 Å². The lowest BCUT2D eigenvalue weighted by Crippen LogP contribution is -1.93. The minimum atomic E-state index is -3.30. The molecule has 0 heterocycles. The van der Waals surface area contributed by atoms with E-state index >= 15 is 0 Å². The molecule has 84 valence electrons. The van der Waals surface area contributed by atoms with Gasteiger partial charge in [0.25, 0.3) is 0 Å². The monoisotopic (exact) mass is 220 g/mol. The first-order chi connectivity index (χ1) is 6.62. The average molecular weight is 220 g/mol. The van der Waals surface area contributed by atoms with Crippen molar-refractivity contribution < 1.29 is 14.0 Å². The summed E-state index contributed by atoms with van der Waals surface area (Å²) in [6, 6.07) is 0. The van der Waals surface area contributed by atoms with Gasteiger partial charge in [-0.25, -0.2) is 0 Å². The fraction of sp³-hybridized carbons (Fsp3) is 0.800. The normalized spacial score (nSPS) is 15.9. The van der Waals surface area contributed by atoms with Crippen LogP contribution in [0.3, 0.4) is 0 Å². The highest BCUT2D eigenvalue weighted by Gasteiger charge is 2.15. The third-order valence-electron chi connectivity index (χ3n) is 1.77. The molecule has 0 aromatic rings. The molecule has 0 radical (unpaired) electrons. The van der Waals surface area contributed by atoms with Crippen molar-refractivity contribution >= 4 is 7.60 Å². The van der Waals surface area contributed by atoms with Crippen molar-refractivity contribution in [3.63, 3.8) is 0 Å². The first-order valence-corrected chi connectivity index (χ1v) is 7.00. The highest BCUT2D eigenvalue weighted by molar-refractivity contribution is 7.52. The largest absolute Gasteiger partial charge is 0.328 e. The summed E-state index contributed by atoms with van der Waals surface area (Å²) in [5.74, 6) is 0. The molecule has 0 aliphatic rings. The van der Waals surface area contributed by atoms with Gasteiger partial charge in [0.2, 0.25) is 0 Å². The van der Waals surface area contributed by atoms with Crippen molar-refractivity contribution in [2.75, 3.05) is 12.8 Å². The molecule has 0 amide bonds. The minimum absolute atomic E-state index is 0.246. The molecule has 0 saturated heterocycles. The fourth-order valence-corrected chi connectivity index (χ4v) is 2.03. The van der Waals surface area contributed by atoms with Crippen LogP contribution in [0, 0.1) is 0 Å². The van der Waals surface area contributed by atoms with Crippen molar-refractivity contribution in [1.29, 1.82) is 0 Å². The van der Waals surface area contributed by atoms with E-state index in [0.29, 0.717) is 6.42 Å². The summed E-state index contributed by atoms with van der Waals surface area (Å²) in [5, 5.41) is 0. The topological polar surface area (TPSA) is 46.5 Å². The Kier molecular flexibility index (Phi) is 8.15. The second-order valence-electron chi connectivity index (χ2n) is 3.27. The van der Waals surface area contributed by atoms with E-state index in [9.17, 15) is 9.46 Å². The summed E-state index contributed by atoms with van der Waals surface area (Å²) in [5.41, 5.74) is 0. The molecule has 0 aliphatic heterocycles. The zero-order chi connectivity index (χ0) is 10.9. The van der Waals surface area contributed by atoms with Crippen LogP contribution in [-0.2, 0) is 9.09 Å². The molecule has 0 spiro atoms. The van der Waals surface area contributed by atoms with E-state index in [1.165, 1.54) is 6.42 Å². The summed E-state index contributed by atoms with van der Waals surface area (Å²) >= 11 is 0. The maximum atomic E-state index is 11.2. The molecule has 1 atom stereocenters. The lowest BCUT2D eigenvalue weighted by Gasteiger charge is -2.08. The summed E-state index contributed by atoms with van der Waals surface area (Å²) in [6.45, 7) is 4.24. The molecular weight excluding hydrogens is 199 g/mol. The van der Waals surface area contributed by atoms with Gasteiger partial charge in [0.1, 0.15) is 0 Å². The maximum Gasteiger partial charge on any atom is 0.328 e. The average Bonchev–Trinajstić information content (AvgIpc) is 2.11. The number of unbranched alkanes of at least 4 members (excludes halogenated alkanes) is 2. The molecule has 4 heteroatoms. The van der Waals surface area contributed by atoms with Crippen LogP contribution in [0.25, 0.3) is 0 Å². The van der Waals surface area contributed by atoms with Gasteiger partial charge >= 0.3 is 7.60 Å². The van der Waals surface area contributed by atoms with Crippen molar-refractivity contribution in [3.05, 3.63) is 12.2 Å². The van der Waals surface area contributed by atoms with Gasteiger partial charge in [0.15, 0.2) is 0 Å². The Hall–Kier alpha value is -0.110. The molecule has 0 aromatic carbocycles. The van der Waals surface area contributed by atoms with Gasteiger partial charge in [-0.2, -0.15) is 0 Å². The maximum absolute atomic E-state index is 11.2. The van der Waals surface area contributed by atoms with E-state index in [2.05, 4.69) is 6.92 Å². The van der Waals surface area contributed by atoms with E-state index in [4.69, 9.17) is 4.52 Å². The summed E-state index contributed by atoms with van der Waals surface area (Å²) in [6.07, 6.45) is 8.07. The van der Waals surface area contributed by atoms with E-state index in [1.54, 1.807) is 0 Å². The van der Waals surface area contributed by atoms with Crippen molar-refractivity contribution in [1.82, 2.24) is 0 Å². The molecular formula is C10H21O3P. The molecule has 0 aromatic heterocycles. The smallest absolute Gasteiger partial charge is 0.324 e. The van der Waals surface area contributed by atoms with Crippen LogP contribution < -0.4 is 0 Å². The van der Waals surface area contributed by atoms with Gasteiger partial charge in [0.05, 0.1) is 6.61 Å². The van der Waals surface area contributed by atoms with Crippen LogP contribution in [0.15, 0.2) is 12.2 Å². The predicted molar refractivity (Wildman–Crippen MR) is 59.6 cm³/mol. The molecule has 1 N–H and O–H groups in total. The lowest BCUT2D eigenvalue weighted by molar-refractivity contribution is 0.287. The standard InChI is InChI=1S/C10H21O3P/c1-3-5-6-7-8-9-13-14(11,12)10-4-2/h7-8H,3-6,9-10H2,1-2H3,(H,11,12). The van der Waals surface area contributed by atoms with Crippen LogP contribution in [-0.4, -0.2) is 17.7 Å². The van der Waals surface area contributed by atoms with Crippen LogP contribution in [0.5, 0.6) is 0 Å². The Morgan fingerprint density at radius 3 is 2.57 bits per heavy atom. The summed E-state index contributed by atoms with van der Waals surface area (Å²) in [4.78, 5) is 9.22. The highest BCUT2D eigenvalue weighted by Crippen LogP contribution is 2.42. The number of hydrogen-bond acceptors (Lipinski definition) is 2. The Morgan fingerprint density at radius 2 is 2.00 bits per heavy atom. The molecule has 0 fully saturated rings. The predicted octanol–water partition coefficient (Wildman–Crippen LogP) is 3.34. The molecule has 14 heavy (non-hydrogen) atoms. The molecule has 0 rings (SSSR count). The van der Waals surface area contributed by atoms with E-state index in [0.717, 1.165) is 12.8 Å².